The van der Waals surface area contributed by atoms with Gasteiger partial charge in [0, 0.05) is 42.0 Å². The monoisotopic (exact) mass is 562 g/mol. The second-order valence-corrected chi connectivity index (χ2v) is 7.90. The van der Waals surface area contributed by atoms with E-state index in [1.165, 1.54) is 0 Å². The van der Waals surface area contributed by atoms with Gasteiger partial charge in [0.1, 0.15) is 11.6 Å². The number of aromatic nitrogens is 3. The Hall–Kier alpha value is -1.36. The number of hydrogen-bond acceptors (Lipinski definition) is 4. The summed E-state index contributed by atoms with van der Waals surface area (Å²) in [6.07, 6.45) is 1.94. The Balaban J connectivity index is 0.00000280. The van der Waals surface area contributed by atoms with Gasteiger partial charge in [-0.1, -0.05) is 29.8 Å². The van der Waals surface area contributed by atoms with Gasteiger partial charge in [0.2, 0.25) is 0 Å². The standard InChI is InChI=1S/C19H27BrN6O.HI/c1-12(2)18-24-17-8-6-15(11-26(17)25-18)23-19(21-3)22-10-13-9-14(20)5-7-16(13)27-4;/h5,7,9,12,15H,6,8,10-11H2,1-4H3,(H2,21,22,23);1H. The predicted octanol–water partition coefficient (Wildman–Crippen LogP) is 3.47. The van der Waals surface area contributed by atoms with Crippen molar-refractivity contribution in [3.63, 3.8) is 0 Å². The third-order valence-electron chi connectivity index (χ3n) is 4.64. The lowest BCUT2D eigenvalue weighted by atomic mass is 10.1. The molecule has 1 aliphatic rings. The van der Waals surface area contributed by atoms with E-state index in [9.17, 15) is 0 Å². The van der Waals surface area contributed by atoms with Crippen LogP contribution in [-0.2, 0) is 19.5 Å². The van der Waals surface area contributed by atoms with Crippen molar-refractivity contribution < 1.29 is 4.74 Å². The highest BCUT2D eigenvalue weighted by Gasteiger charge is 2.23. The summed E-state index contributed by atoms with van der Waals surface area (Å²) in [6, 6.07) is 6.25. The van der Waals surface area contributed by atoms with Crippen LogP contribution >= 0.6 is 39.9 Å². The van der Waals surface area contributed by atoms with Gasteiger partial charge in [-0.25, -0.2) is 9.67 Å². The van der Waals surface area contributed by atoms with E-state index < -0.39 is 0 Å². The number of benzene rings is 1. The van der Waals surface area contributed by atoms with Crippen LogP contribution in [0.5, 0.6) is 5.75 Å². The van der Waals surface area contributed by atoms with E-state index in [1.807, 2.05) is 16.8 Å². The van der Waals surface area contributed by atoms with E-state index in [0.29, 0.717) is 12.5 Å². The predicted molar refractivity (Wildman–Crippen MR) is 126 cm³/mol. The Bertz CT molecular complexity index is 823. The molecule has 1 unspecified atom stereocenters. The molecule has 3 rings (SSSR count). The van der Waals surface area contributed by atoms with Gasteiger partial charge in [0.25, 0.3) is 0 Å². The minimum atomic E-state index is 0. The first-order chi connectivity index (χ1) is 13.0. The molecule has 1 aliphatic heterocycles. The van der Waals surface area contributed by atoms with Crippen molar-refractivity contribution >= 4 is 45.9 Å². The Kier molecular flexibility index (Phi) is 8.54. The van der Waals surface area contributed by atoms with Crippen LogP contribution in [0, 0.1) is 0 Å². The molecule has 0 spiro atoms. The van der Waals surface area contributed by atoms with Gasteiger partial charge in [-0.3, -0.25) is 4.99 Å². The zero-order chi connectivity index (χ0) is 19.4. The number of aliphatic imine (C=N–C) groups is 1. The first kappa shape index (κ1) is 22.9. The fraction of sp³-hybridized carbons (Fsp3) is 0.526. The maximum atomic E-state index is 5.44. The number of nitrogens with one attached hydrogen (secondary N) is 2. The molecule has 0 amide bonds. The fourth-order valence-electron chi connectivity index (χ4n) is 3.14. The number of fused-ring (bicyclic) bond motifs is 1. The molecule has 28 heavy (non-hydrogen) atoms. The molecule has 2 N–H and O–H groups in total. The zero-order valence-corrected chi connectivity index (χ0v) is 20.6. The summed E-state index contributed by atoms with van der Waals surface area (Å²) < 4.78 is 8.49. The van der Waals surface area contributed by atoms with Crippen molar-refractivity contribution in [1.82, 2.24) is 25.4 Å². The molecular formula is C19H28BrIN6O. The van der Waals surface area contributed by atoms with Crippen LogP contribution in [0.2, 0.25) is 0 Å². The summed E-state index contributed by atoms with van der Waals surface area (Å²) in [5, 5.41) is 11.5. The Morgan fingerprint density at radius 1 is 1.43 bits per heavy atom. The zero-order valence-electron chi connectivity index (χ0n) is 16.7. The van der Waals surface area contributed by atoms with Crippen molar-refractivity contribution in [1.29, 1.82) is 0 Å². The van der Waals surface area contributed by atoms with E-state index in [4.69, 9.17) is 4.74 Å². The molecular weight excluding hydrogens is 535 g/mol. The third-order valence-corrected chi connectivity index (χ3v) is 5.14. The molecule has 0 aliphatic carbocycles. The Morgan fingerprint density at radius 3 is 2.89 bits per heavy atom. The molecule has 2 heterocycles. The minimum Gasteiger partial charge on any atom is -0.496 e. The van der Waals surface area contributed by atoms with Crippen LogP contribution in [-0.4, -0.2) is 40.9 Å². The highest BCUT2D eigenvalue weighted by atomic mass is 127. The molecule has 154 valence electrons. The van der Waals surface area contributed by atoms with Crippen LogP contribution in [0.4, 0.5) is 0 Å². The van der Waals surface area contributed by atoms with Crippen molar-refractivity contribution in [3.05, 3.63) is 39.9 Å². The van der Waals surface area contributed by atoms with Crippen molar-refractivity contribution in [2.45, 2.75) is 51.7 Å². The fourth-order valence-corrected chi connectivity index (χ4v) is 3.55. The summed E-state index contributed by atoms with van der Waals surface area (Å²) in [5.74, 6) is 3.99. The van der Waals surface area contributed by atoms with Crippen LogP contribution < -0.4 is 15.4 Å². The molecule has 0 radical (unpaired) electrons. The molecule has 0 bridgehead atoms. The number of rotatable bonds is 5. The quantitative estimate of drug-likeness (QED) is 0.331. The number of nitrogens with zero attached hydrogens (tertiary/aromatic N) is 4. The number of methoxy groups -OCH3 is 1. The van der Waals surface area contributed by atoms with E-state index in [1.54, 1.807) is 14.2 Å². The Morgan fingerprint density at radius 2 is 2.21 bits per heavy atom. The highest BCUT2D eigenvalue weighted by Crippen LogP contribution is 2.22. The highest BCUT2D eigenvalue weighted by molar-refractivity contribution is 14.0. The maximum Gasteiger partial charge on any atom is 0.191 e. The van der Waals surface area contributed by atoms with Gasteiger partial charge in [-0.15, -0.1) is 24.0 Å². The lowest BCUT2D eigenvalue weighted by Gasteiger charge is -2.25. The maximum absolute atomic E-state index is 5.44. The lowest BCUT2D eigenvalue weighted by Crippen LogP contribution is -2.46. The van der Waals surface area contributed by atoms with Gasteiger partial charge in [0.05, 0.1) is 13.7 Å². The smallest absolute Gasteiger partial charge is 0.191 e. The topological polar surface area (TPSA) is 76.4 Å². The van der Waals surface area contributed by atoms with Gasteiger partial charge in [0.15, 0.2) is 11.8 Å². The summed E-state index contributed by atoms with van der Waals surface area (Å²) in [7, 11) is 3.47. The third kappa shape index (κ3) is 5.59. The minimum absolute atomic E-state index is 0. The summed E-state index contributed by atoms with van der Waals surface area (Å²) in [4.78, 5) is 9.01. The average Bonchev–Trinajstić information content (AvgIpc) is 3.09. The molecule has 1 aromatic heterocycles. The van der Waals surface area contributed by atoms with E-state index >= 15 is 0 Å². The number of halogens is 2. The molecule has 0 saturated heterocycles. The van der Waals surface area contributed by atoms with Crippen LogP contribution in [0.3, 0.4) is 0 Å². The normalized spacial score (nSPS) is 16.4. The lowest BCUT2D eigenvalue weighted by molar-refractivity contribution is 0.391. The van der Waals surface area contributed by atoms with Crippen molar-refractivity contribution in [2.24, 2.45) is 4.99 Å². The molecule has 0 saturated carbocycles. The second-order valence-electron chi connectivity index (χ2n) is 6.98. The summed E-state index contributed by atoms with van der Waals surface area (Å²) in [5.41, 5.74) is 1.07. The van der Waals surface area contributed by atoms with Gasteiger partial charge in [-0.2, -0.15) is 5.10 Å². The van der Waals surface area contributed by atoms with E-state index in [0.717, 1.165) is 52.8 Å². The van der Waals surface area contributed by atoms with Gasteiger partial charge < -0.3 is 15.4 Å². The molecule has 0 fully saturated rings. The second kappa shape index (κ2) is 10.4. The first-order valence-corrected chi connectivity index (χ1v) is 10.0. The molecule has 9 heteroatoms. The summed E-state index contributed by atoms with van der Waals surface area (Å²) in [6.45, 7) is 5.68. The van der Waals surface area contributed by atoms with Crippen LogP contribution in [0.1, 0.15) is 43.4 Å². The van der Waals surface area contributed by atoms with Crippen molar-refractivity contribution in [2.75, 3.05) is 14.2 Å². The SMILES string of the molecule is CN=C(NCc1cc(Br)ccc1OC)NC1CCc2nc(C(C)C)nn2C1.I. The van der Waals surface area contributed by atoms with E-state index in [2.05, 4.69) is 61.6 Å². The number of guanidine groups is 1. The van der Waals surface area contributed by atoms with E-state index in [-0.39, 0.29) is 30.0 Å². The number of ether oxygens (including phenoxy) is 1. The van der Waals surface area contributed by atoms with Crippen LogP contribution in [0.25, 0.3) is 0 Å². The summed E-state index contributed by atoms with van der Waals surface area (Å²) >= 11 is 3.51. The van der Waals surface area contributed by atoms with Gasteiger partial charge in [-0.05, 0) is 24.6 Å². The largest absolute Gasteiger partial charge is 0.496 e. The molecule has 1 atom stereocenters. The first-order valence-electron chi connectivity index (χ1n) is 9.23. The van der Waals surface area contributed by atoms with Crippen LogP contribution in [0.15, 0.2) is 27.7 Å². The van der Waals surface area contributed by atoms with Gasteiger partial charge >= 0.3 is 0 Å². The molecule has 2 aromatic rings. The number of aryl methyl sites for hydroxylation is 1. The molecule has 1 aromatic carbocycles. The van der Waals surface area contributed by atoms with Crippen molar-refractivity contribution in [3.8, 4) is 5.75 Å². The number of hydrogen-bond donors (Lipinski definition) is 2. The average molecular weight is 563 g/mol. The Labute approximate surface area is 191 Å². The molecule has 7 nitrogen and oxygen atoms in total.